The van der Waals surface area contributed by atoms with Crippen molar-refractivity contribution < 1.29 is 19.5 Å². The molecule has 3 rings (SSSR count). The van der Waals surface area contributed by atoms with Crippen LogP contribution in [0.25, 0.3) is 10.9 Å². The number of carbonyl (C=O) groups excluding carboxylic acids is 2. The number of aliphatic carboxylic acids is 1. The first kappa shape index (κ1) is 16.1. The molecule has 1 aliphatic rings. The molecule has 2 amide bonds. The number of nitrogens with zero attached hydrogens (tertiary/aromatic N) is 2. The Morgan fingerprint density at radius 2 is 1.88 bits per heavy atom. The molecule has 1 N–H and O–H groups in total. The molecule has 24 heavy (non-hydrogen) atoms. The zero-order chi connectivity index (χ0) is 17.4. The Morgan fingerprint density at radius 1 is 1.21 bits per heavy atom. The van der Waals surface area contributed by atoms with Crippen LogP contribution in [0.15, 0.2) is 24.3 Å². The Bertz CT molecular complexity index is 859. The van der Waals surface area contributed by atoms with E-state index in [1.807, 2.05) is 13.0 Å². The topological polar surface area (TPSA) is 87.6 Å². The second kappa shape index (κ2) is 6.03. The number of rotatable bonds is 5. The summed E-state index contributed by atoms with van der Waals surface area (Å²) >= 11 is 0. The van der Waals surface area contributed by atoms with E-state index >= 15 is 0 Å². The van der Waals surface area contributed by atoms with Crippen LogP contribution in [0.1, 0.15) is 52.6 Å². The van der Waals surface area contributed by atoms with Gasteiger partial charge >= 0.3 is 5.97 Å². The lowest BCUT2D eigenvalue weighted by Crippen LogP contribution is -2.41. The lowest BCUT2D eigenvalue weighted by atomic mass is 10.0. The van der Waals surface area contributed by atoms with Crippen molar-refractivity contribution in [2.75, 3.05) is 0 Å². The van der Waals surface area contributed by atoms with Crippen molar-refractivity contribution in [3.8, 4) is 0 Å². The maximum atomic E-state index is 13.0. The third-order valence-corrected chi connectivity index (χ3v) is 4.34. The zero-order valence-corrected chi connectivity index (χ0v) is 13.6. The zero-order valence-electron chi connectivity index (χ0n) is 13.6. The molecule has 1 aromatic carbocycles. The second-order valence-electron chi connectivity index (χ2n) is 5.99. The van der Waals surface area contributed by atoms with E-state index in [0.29, 0.717) is 40.6 Å². The summed E-state index contributed by atoms with van der Waals surface area (Å²) in [4.78, 5) is 42.5. The predicted molar refractivity (Wildman–Crippen MR) is 87.9 cm³/mol. The minimum absolute atomic E-state index is 0.246. The fraction of sp³-hybridized carbons (Fsp3) is 0.333. The van der Waals surface area contributed by atoms with Crippen molar-refractivity contribution in [2.24, 2.45) is 0 Å². The number of carboxylic acid groups (broad SMARTS) is 1. The molecule has 2 heterocycles. The molecule has 6 heteroatoms. The van der Waals surface area contributed by atoms with Gasteiger partial charge in [0.1, 0.15) is 0 Å². The lowest BCUT2D eigenvalue weighted by Gasteiger charge is -2.24. The van der Waals surface area contributed by atoms with Crippen LogP contribution < -0.4 is 0 Å². The fourth-order valence-electron chi connectivity index (χ4n) is 3.34. The molecular formula is C18H18N2O4. The van der Waals surface area contributed by atoms with Gasteiger partial charge in [0.25, 0.3) is 11.8 Å². The quantitative estimate of drug-likeness (QED) is 0.854. The van der Waals surface area contributed by atoms with E-state index < -0.39 is 23.8 Å². The number of carboxylic acids is 1. The van der Waals surface area contributed by atoms with Crippen molar-refractivity contribution in [1.29, 1.82) is 0 Å². The molecule has 0 fully saturated rings. The van der Waals surface area contributed by atoms with Gasteiger partial charge in [-0.25, -0.2) is 0 Å². The standard InChI is InChI=1S/C18H18N2O4/c1-3-6-11(9-14(21)22)20-17(23)15-10(2)19-13-8-5-4-7-12(13)16(15)18(20)24/h4-5,7-8,11H,3,6,9H2,1-2H3,(H,21,22)/t11-/m1/s1. The summed E-state index contributed by atoms with van der Waals surface area (Å²) in [6.07, 6.45) is 0.898. The lowest BCUT2D eigenvalue weighted by molar-refractivity contribution is -0.138. The van der Waals surface area contributed by atoms with Crippen molar-refractivity contribution in [2.45, 2.75) is 39.2 Å². The van der Waals surface area contributed by atoms with Crippen LogP contribution in [-0.2, 0) is 4.79 Å². The van der Waals surface area contributed by atoms with E-state index in [2.05, 4.69) is 4.98 Å². The van der Waals surface area contributed by atoms with E-state index in [0.717, 1.165) is 4.90 Å². The summed E-state index contributed by atoms with van der Waals surface area (Å²) in [5.74, 6) is -1.88. The van der Waals surface area contributed by atoms with Gasteiger partial charge in [-0.2, -0.15) is 0 Å². The first-order valence-corrected chi connectivity index (χ1v) is 7.94. The van der Waals surface area contributed by atoms with Gasteiger partial charge in [0.05, 0.1) is 34.8 Å². The number of amides is 2. The SMILES string of the molecule is CCC[C@H](CC(=O)O)N1C(=O)c2c(C)nc3ccccc3c2C1=O. The fourth-order valence-corrected chi connectivity index (χ4v) is 3.34. The molecule has 6 nitrogen and oxygen atoms in total. The molecule has 2 aromatic rings. The third kappa shape index (κ3) is 2.44. The van der Waals surface area contributed by atoms with E-state index in [1.54, 1.807) is 25.1 Å². The normalized spacial score (nSPS) is 15.0. The molecule has 0 spiro atoms. The van der Waals surface area contributed by atoms with Gasteiger partial charge in [0.2, 0.25) is 0 Å². The van der Waals surface area contributed by atoms with Gasteiger partial charge < -0.3 is 5.11 Å². The molecule has 1 aliphatic heterocycles. The molecule has 0 unspecified atom stereocenters. The van der Waals surface area contributed by atoms with Crippen LogP contribution >= 0.6 is 0 Å². The van der Waals surface area contributed by atoms with Gasteiger partial charge in [0.15, 0.2) is 0 Å². The average molecular weight is 326 g/mol. The smallest absolute Gasteiger partial charge is 0.305 e. The van der Waals surface area contributed by atoms with Gasteiger partial charge in [-0.1, -0.05) is 31.5 Å². The largest absolute Gasteiger partial charge is 0.481 e. The molecule has 0 saturated carbocycles. The summed E-state index contributed by atoms with van der Waals surface area (Å²) in [6.45, 7) is 3.60. The van der Waals surface area contributed by atoms with Crippen molar-refractivity contribution in [3.05, 3.63) is 41.1 Å². The Morgan fingerprint density at radius 3 is 2.54 bits per heavy atom. The Balaban J connectivity index is 2.15. The predicted octanol–water partition coefficient (Wildman–Crippen LogP) is 2.78. The summed E-state index contributed by atoms with van der Waals surface area (Å²) in [6, 6.07) is 6.54. The number of hydrogen-bond acceptors (Lipinski definition) is 4. The number of carbonyl (C=O) groups is 3. The van der Waals surface area contributed by atoms with Gasteiger partial charge in [-0.15, -0.1) is 0 Å². The molecule has 0 saturated heterocycles. The molecule has 124 valence electrons. The average Bonchev–Trinajstić information content (AvgIpc) is 2.79. The Labute approximate surface area is 139 Å². The van der Waals surface area contributed by atoms with Crippen LogP contribution in [0.5, 0.6) is 0 Å². The van der Waals surface area contributed by atoms with Gasteiger partial charge in [-0.3, -0.25) is 24.3 Å². The molecule has 0 aliphatic carbocycles. The van der Waals surface area contributed by atoms with Gasteiger partial charge in [0, 0.05) is 5.39 Å². The van der Waals surface area contributed by atoms with Gasteiger partial charge in [-0.05, 0) is 19.4 Å². The Hall–Kier alpha value is -2.76. The monoisotopic (exact) mass is 326 g/mol. The number of pyridine rings is 1. The van der Waals surface area contributed by atoms with Crippen molar-refractivity contribution in [1.82, 2.24) is 9.88 Å². The van der Waals surface area contributed by atoms with Crippen LogP contribution in [0.3, 0.4) is 0 Å². The highest BCUT2D eigenvalue weighted by Crippen LogP contribution is 2.33. The number of aromatic nitrogens is 1. The van der Waals surface area contributed by atoms with Crippen LogP contribution in [-0.4, -0.2) is 38.8 Å². The second-order valence-corrected chi connectivity index (χ2v) is 5.99. The van der Waals surface area contributed by atoms with Crippen molar-refractivity contribution in [3.63, 3.8) is 0 Å². The number of benzene rings is 1. The number of hydrogen-bond donors (Lipinski definition) is 1. The maximum absolute atomic E-state index is 13.0. The van der Waals surface area contributed by atoms with Crippen LogP contribution in [0, 0.1) is 6.92 Å². The first-order valence-electron chi connectivity index (χ1n) is 7.94. The highest BCUT2D eigenvalue weighted by atomic mass is 16.4. The summed E-state index contributed by atoms with van der Waals surface area (Å²) < 4.78 is 0. The van der Waals surface area contributed by atoms with E-state index in [4.69, 9.17) is 5.11 Å². The molecule has 1 aromatic heterocycles. The highest BCUT2D eigenvalue weighted by Gasteiger charge is 2.42. The molecule has 1 atom stereocenters. The minimum Gasteiger partial charge on any atom is -0.481 e. The highest BCUT2D eigenvalue weighted by molar-refractivity contribution is 6.26. The summed E-state index contributed by atoms with van der Waals surface area (Å²) in [7, 11) is 0. The summed E-state index contributed by atoms with van der Waals surface area (Å²) in [5, 5.41) is 9.75. The van der Waals surface area contributed by atoms with E-state index in [9.17, 15) is 14.4 Å². The third-order valence-electron chi connectivity index (χ3n) is 4.34. The molecular weight excluding hydrogens is 308 g/mol. The number of imide groups is 1. The first-order chi connectivity index (χ1) is 11.5. The minimum atomic E-state index is -1.02. The van der Waals surface area contributed by atoms with Crippen molar-refractivity contribution >= 4 is 28.7 Å². The number of para-hydroxylation sites is 1. The van der Waals surface area contributed by atoms with E-state index in [-0.39, 0.29) is 6.42 Å². The summed E-state index contributed by atoms with van der Waals surface area (Å²) in [5.41, 5.74) is 1.79. The van der Waals surface area contributed by atoms with E-state index in [1.165, 1.54) is 0 Å². The maximum Gasteiger partial charge on any atom is 0.305 e. The van der Waals surface area contributed by atoms with Crippen LogP contribution in [0.4, 0.5) is 0 Å². The Kier molecular flexibility index (Phi) is 4.05. The number of aryl methyl sites for hydroxylation is 1. The molecule has 0 radical (unpaired) electrons. The van der Waals surface area contributed by atoms with Crippen LogP contribution in [0.2, 0.25) is 0 Å². The number of fused-ring (bicyclic) bond motifs is 3. The molecule has 0 bridgehead atoms.